The van der Waals surface area contributed by atoms with Gasteiger partial charge < -0.3 is 0 Å². The van der Waals surface area contributed by atoms with E-state index in [9.17, 15) is 22.4 Å². The van der Waals surface area contributed by atoms with E-state index >= 15 is 0 Å². The molecular formula is C9H4Cl2F4O. The van der Waals surface area contributed by atoms with Gasteiger partial charge >= 0.3 is 6.18 Å². The summed E-state index contributed by atoms with van der Waals surface area (Å²) in [6, 6.07) is 1.67. The lowest BCUT2D eigenvalue weighted by atomic mass is 10.0. The maximum absolute atomic E-state index is 12.7. The number of rotatable bonds is 2. The Morgan fingerprint density at radius 1 is 1.25 bits per heavy atom. The van der Waals surface area contributed by atoms with Crippen molar-refractivity contribution >= 4 is 29.0 Å². The third kappa shape index (κ3) is 2.86. The number of Topliss-reactive ketones (excluding diaryl/α,β-unsaturated/α-hetero) is 1. The van der Waals surface area contributed by atoms with Crippen molar-refractivity contribution < 1.29 is 22.4 Å². The number of hydrogen-bond donors (Lipinski definition) is 0. The molecule has 1 nitrogen and oxygen atoms in total. The van der Waals surface area contributed by atoms with Crippen LogP contribution in [0.4, 0.5) is 17.6 Å². The molecule has 0 aliphatic carbocycles. The lowest BCUT2D eigenvalue weighted by molar-refractivity contribution is -0.138. The molecule has 0 atom stereocenters. The smallest absolute Gasteiger partial charge is 0.291 e. The Morgan fingerprint density at radius 2 is 1.81 bits per heavy atom. The van der Waals surface area contributed by atoms with E-state index in [1.165, 1.54) is 0 Å². The number of carbonyl (C=O) groups excluding carboxylic acids is 1. The number of alkyl halides is 5. The molecule has 0 bridgehead atoms. The van der Waals surface area contributed by atoms with Crippen LogP contribution in [-0.4, -0.2) is 10.6 Å². The minimum atomic E-state index is -4.84. The summed E-state index contributed by atoms with van der Waals surface area (Å²) in [6.45, 7) is 0. The number of hydrogen-bond acceptors (Lipinski definition) is 1. The van der Waals surface area contributed by atoms with Crippen LogP contribution < -0.4 is 0 Å². The highest BCUT2D eigenvalue weighted by molar-refractivity contribution is 6.55. The average molecular weight is 275 g/mol. The third-order valence-corrected chi connectivity index (χ3v) is 2.15. The summed E-state index contributed by atoms with van der Waals surface area (Å²) in [5.41, 5.74) is -2.13. The predicted octanol–water partition coefficient (Wildman–Crippen LogP) is 3.83. The van der Waals surface area contributed by atoms with Gasteiger partial charge in [0, 0.05) is 5.56 Å². The lowest BCUT2D eigenvalue weighted by Gasteiger charge is -2.12. The molecule has 0 spiro atoms. The Balaban J connectivity index is 3.34. The first-order valence-electron chi connectivity index (χ1n) is 3.92. The Labute approximate surface area is 98.0 Å². The molecule has 0 fully saturated rings. The van der Waals surface area contributed by atoms with Crippen molar-refractivity contribution in [1.82, 2.24) is 0 Å². The van der Waals surface area contributed by atoms with Crippen LogP contribution in [0.25, 0.3) is 0 Å². The average Bonchev–Trinajstić information content (AvgIpc) is 2.15. The Bertz CT molecular complexity index is 414. The normalized spacial score (nSPS) is 11.9. The van der Waals surface area contributed by atoms with E-state index in [4.69, 9.17) is 23.2 Å². The van der Waals surface area contributed by atoms with E-state index in [2.05, 4.69) is 0 Å². The maximum Gasteiger partial charge on any atom is 0.417 e. The van der Waals surface area contributed by atoms with Crippen LogP contribution in [0, 0.1) is 5.82 Å². The predicted molar refractivity (Wildman–Crippen MR) is 51.2 cm³/mol. The zero-order valence-corrected chi connectivity index (χ0v) is 9.00. The second kappa shape index (κ2) is 4.59. The molecule has 0 aliphatic rings. The first-order chi connectivity index (χ1) is 7.23. The van der Waals surface area contributed by atoms with Gasteiger partial charge in [0.05, 0.1) is 5.56 Å². The standard InChI is InChI=1S/C9H4Cl2F4O/c10-8(11)7(16)5-2-1-4(12)3-6(5)9(13,14)15/h1-3,8H. The first kappa shape index (κ1) is 13.3. The summed E-state index contributed by atoms with van der Waals surface area (Å²) >= 11 is 10.4. The maximum atomic E-state index is 12.7. The van der Waals surface area contributed by atoms with E-state index in [-0.39, 0.29) is 6.07 Å². The van der Waals surface area contributed by atoms with E-state index < -0.39 is 33.7 Å². The summed E-state index contributed by atoms with van der Waals surface area (Å²) in [5, 5.41) is 0. The SMILES string of the molecule is O=C(c1ccc(F)cc1C(F)(F)F)C(Cl)Cl. The molecule has 1 aromatic carbocycles. The highest BCUT2D eigenvalue weighted by atomic mass is 35.5. The van der Waals surface area contributed by atoms with Crippen LogP contribution in [0.2, 0.25) is 0 Å². The van der Waals surface area contributed by atoms with Crippen LogP contribution in [0.1, 0.15) is 15.9 Å². The van der Waals surface area contributed by atoms with Crippen molar-refractivity contribution in [2.45, 2.75) is 11.0 Å². The van der Waals surface area contributed by atoms with Crippen LogP contribution in [-0.2, 0) is 6.18 Å². The molecule has 0 radical (unpaired) electrons. The molecule has 0 saturated heterocycles. The largest absolute Gasteiger partial charge is 0.417 e. The zero-order valence-electron chi connectivity index (χ0n) is 7.49. The third-order valence-electron chi connectivity index (χ3n) is 1.75. The molecular weight excluding hydrogens is 271 g/mol. The summed E-state index contributed by atoms with van der Waals surface area (Å²) in [6.07, 6.45) is -4.84. The fourth-order valence-corrected chi connectivity index (χ4v) is 1.32. The molecule has 0 heterocycles. The molecule has 16 heavy (non-hydrogen) atoms. The van der Waals surface area contributed by atoms with E-state index in [1.807, 2.05) is 0 Å². The Morgan fingerprint density at radius 3 is 2.25 bits per heavy atom. The van der Waals surface area contributed by atoms with Crippen LogP contribution >= 0.6 is 23.2 Å². The van der Waals surface area contributed by atoms with Crippen LogP contribution in [0.3, 0.4) is 0 Å². The second-order valence-corrected chi connectivity index (χ2v) is 3.95. The molecule has 0 aromatic heterocycles. The van der Waals surface area contributed by atoms with Gasteiger partial charge in [0.2, 0.25) is 0 Å². The molecule has 0 N–H and O–H groups in total. The van der Waals surface area contributed by atoms with Crippen molar-refractivity contribution in [2.24, 2.45) is 0 Å². The minimum absolute atomic E-state index is 0.226. The van der Waals surface area contributed by atoms with Gasteiger partial charge in [0.25, 0.3) is 0 Å². The number of halogens is 6. The van der Waals surface area contributed by atoms with Gasteiger partial charge in [0.1, 0.15) is 5.82 Å². The van der Waals surface area contributed by atoms with Gasteiger partial charge in [-0.15, -0.1) is 0 Å². The molecule has 0 saturated carbocycles. The van der Waals surface area contributed by atoms with E-state index in [1.54, 1.807) is 0 Å². The fraction of sp³-hybridized carbons (Fsp3) is 0.222. The first-order valence-corrected chi connectivity index (χ1v) is 4.80. The van der Waals surface area contributed by atoms with Crippen LogP contribution in [0.15, 0.2) is 18.2 Å². The molecule has 0 amide bonds. The van der Waals surface area contributed by atoms with Crippen LogP contribution in [0.5, 0.6) is 0 Å². The molecule has 7 heteroatoms. The fourth-order valence-electron chi connectivity index (χ4n) is 1.08. The summed E-state index contributed by atoms with van der Waals surface area (Å²) in [7, 11) is 0. The van der Waals surface area contributed by atoms with Crippen molar-refractivity contribution in [2.75, 3.05) is 0 Å². The molecule has 88 valence electrons. The van der Waals surface area contributed by atoms with Gasteiger partial charge in [-0.2, -0.15) is 13.2 Å². The molecule has 1 aromatic rings. The number of benzene rings is 1. The van der Waals surface area contributed by atoms with Gasteiger partial charge in [-0.25, -0.2) is 4.39 Å². The van der Waals surface area contributed by atoms with Crippen molar-refractivity contribution in [3.63, 3.8) is 0 Å². The highest BCUT2D eigenvalue weighted by Crippen LogP contribution is 2.33. The molecule has 0 aliphatic heterocycles. The summed E-state index contributed by atoms with van der Waals surface area (Å²) in [5.74, 6) is -2.21. The Hall–Kier alpha value is -0.810. The number of carbonyl (C=O) groups is 1. The summed E-state index contributed by atoms with van der Waals surface area (Å²) < 4.78 is 50.0. The van der Waals surface area contributed by atoms with Crippen molar-refractivity contribution in [3.05, 3.63) is 35.1 Å². The molecule has 1 rings (SSSR count). The van der Waals surface area contributed by atoms with Gasteiger partial charge in [0.15, 0.2) is 10.6 Å². The van der Waals surface area contributed by atoms with E-state index in [0.29, 0.717) is 6.07 Å². The van der Waals surface area contributed by atoms with Crippen molar-refractivity contribution in [3.8, 4) is 0 Å². The van der Waals surface area contributed by atoms with Gasteiger partial charge in [-0.3, -0.25) is 4.79 Å². The van der Waals surface area contributed by atoms with Crippen molar-refractivity contribution in [1.29, 1.82) is 0 Å². The zero-order chi connectivity index (χ0) is 12.5. The quantitative estimate of drug-likeness (QED) is 0.455. The summed E-state index contributed by atoms with van der Waals surface area (Å²) in [4.78, 5) is 9.62. The topological polar surface area (TPSA) is 17.1 Å². The highest BCUT2D eigenvalue weighted by Gasteiger charge is 2.36. The monoisotopic (exact) mass is 274 g/mol. The Kier molecular flexibility index (Phi) is 3.80. The second-order valence-electron chi connectivity index (χ2n) is 2.85. The van der Waals surface area contributed by atoms with E-state index in [0.717, 1.165) is 6.07 Å². The minimum Gasteiger partial charge on any atom is -0.291 e. The van der Waals surface area contributed by atoms with Gasteiger partial charge in [-0.1, -0.05) is 23.2 Å². The molecule has 0 unspecified atom stereocenters. The number of ketones is 1. The van der Waals surface area contributed by atoms with Gasteiger partial charge in [-0.05, 0) is 18.2 Å². The lowest BCUT2D eigenvalue weighted by Crippen LogP contribution is -2.17.